The first-order valence-corrected chi connectivity index (χ1v) is 9.91. The Balaban J connectivity index is 1.44. The van der Waals surface area contributed by atoms with Gasteiger partial charge in [0.25, 0.3) is 0 Å². The Morgan fingerprint density at radius 2 is 1.83 bits per heavy atom. The zero-order chi connectivity index (χ0) is 21.3. The van der Waals surface area contributed by atoms with Crippen LogP contribution in [-0.4, -0.2) is 60.5 Å². The van der Waals surface area contributed by atoms with Crippen molar-refractivity contribution in [1.82, 2.24) is 15.1 Å². The zero-order valence-corrected chi connectivity index (χ0v) is 16.8. The molecule has 2 aromatic carbocycles. The van der Waals surface area contributed by atoms with Gasteiger partial charge in [-0.3, -0.25) is 9.69 Å². The minimum absolute atomic E-state index is 0.0947. The van der Waals surface area contributed by atoms with Gasteiger partial charge in [-0.2, -0.15) is 0 Å². The molecule has 2 fully saturated rings. The van der Waals surface area contributed by atoms with Crippen LogP contribution in [0.4, 0.5) is 19.3 Å². The lowest BCUT2D eigenvalue weighted by Gasteiger charge is -2.46. The van der Waals surface area contributed by atoms with Gasteiger partial charge in [0.1, 0.15) is 11.6 Å². The lowest BCUT2D eigenvalue weighted by atomic mass is 9.92. The number of nitrogens with zero attached hydrogens (tertiary/aromatic N) is 3. The van der Waals surface area contributed by atoms with E-state index in [9.17, 15) is 18.4 Å². The van der Waals surface area contributed by atoms with E-state index < -0.39 is 11.4 Å². The molecule has 6 nitrogen and oxygen atoms in total. The van der Waals surface area contributed by atoms with Gasteiger partial charge < -0.3 is 15.1 Å². The van der Waals surface area contributed by atoms with E-state index in [-0.39, 0.29) is 30.8 Å². The third-order valence-electron chi connectivity index (χ3n) is 6.01. The SMILES string of the molecule is CN1CC(=O)N(c2cccc(F)c2)C[C@]12CCN(C(=O)NCc1cccc(F)c1)C2. The van der Waals surface area contributed by atoms with Crippen molar-refractivity contribution < 1.29 is 18.4 Å². The molecule has 2 heterocycles. The molecule has 1 spiro atoms. The van der Waals surface area contributed by atoms with Crippen LogP contribution in [0, 0.1) is 11.6 Å². The van der Waals surface area contributed by atoms with Crippen molar-refractivity contribution in [2.75, 3.05) is 38.1 Å². The first-order valence-electron chi connectivity index (χ1n) is 9.91. The van der Waals surface area contributed by atoms with E-state index >= 15 is 0 Å². The van der Waals surface area contributed by atoms with E-state index in [4.69, 9.17) is 0 Å². The van der Waals surface area contributed by atoms with Crippen molar-refractivity contribution in [2.24, 2.45) is 0 Å². The fourth-order valence-corrected chi connectivity index (χ4v) is 4.25. The lowest BCUT2D eigenvalue weighted by molar-refractivity contribution is -0.123. The van der Waals surface area contributed by atoms with Gasteiger partial charge in [0.2, 0.25) is 5.91 Å². The van der Waals surface area contributed by atoms with Crippen LogP contribution in [0.5, 0.6) is 0 Å². The van der Waals surface area contributed by atoms with Crippen LogP contribution in [-0.2, 0) is 11.3 Å². The molecule has 0 aliphatic carbocycles. The number of anilines is 1. The van der Waals surface area contributed by atoms with E-state index in [1.807, 2.05) is 11.9 Å². The lowest BCUT2D eigenvalue weighted by Crippen LogP contribution is -2.64. The maximum Gasteiger partial charge on any atom is 0.317 e. The topological polar surface area (TPSA) is 55.9 Å². The number of likely N-dealkylation sites (tertiary alicyclic amines) is 1. The summed E-state index contributed by atoms with van der Waals surface area (Å²) in [5.74, 6) is -0.825. The summed E-state index contributed by atoms with van der Waals surface area (Å²) in [4.78, 5) is 30.6. The van der Waals surface area contributed by atoms with Gasteiger partial charge in [-0.25, -0.2) is 13.6 Å². The van der Waals surface area contributed by atoms with Gasteiger partial charge in [-0.05, 0) is 49.4 Å². The molecular weight excluding hydrogens is 390 g/mol. The van der Waals surface area contributed by atoms with Crippen molar-refractivity contribution in [3.63, 3.8) is 0 Å². The summed E-state index contributed by atoms with van der Waals surface area (Å²) in [6, 6.07) is 11.9. The number of amides is 3. The predicted octanol–water partition coefficient (Wildman–Crippen LogP) is 2.60. The average molecular weight is 414 g/mol. The fourth-order valence-electron chi connectivity index (χ4n) is 4.25. The second-order valence-electron chi connectivity index (χ2n) is 8.00. The summed E-state index contributed by atoms with van der Waals surface area (Å²) in [6.45, 7) is 1.83. The van der Waals surface area contributed by atoms with Crippen molar-refractivity contribution in [2.45, 2.75) is 18.5 Å². The van der Waals surface area contributed by atoms with Crippen LogP contribution in [0.25, 0.3) is 0 Å². The maximum absolute atomic E-state index is 13.7. The highest BCUT2D eigenvalue weighted by Crippen LogP contribution is 2.33. The van der Waals surface area contributed by atoms with Crippen molar-refractivity contribution in [3.05, 3.63) is 65.7 Å². The van der Waals surface area contributed by atoms with Crippen molar-refractivity contribution in [1.29, 1.82) is 0 Å². The summed E-state index contributed by atoms with van der Waals surface area (Å²) in [5, 5.41) is 2.84. The molecule has 1 atom stereocenters. The fraction of sp³-hybridized carbons (Fsp3) is 0.364. The normalized spacial score (nSPS) is 22.0. The maximum atomic E-state index is 13.7. The molecule has 0 bridgehead atoms. The molecule has 4 rings (SSSR count). The number of benzene rings is 2. The Bertz CT molecular complexity index is 970. The van der Waals surface area contributed by atoms with Gasteiger partial charge in [-0.15, -0.1) is 0 Å². The third-order valence-corrected chi connectivity index (χ3v) is 6.01. The molecule has 1 N–H and O–H groups in total. The summed E-state index contributed by atoms with van der Waals surface area (Å²) in [6.07, 6.45) is 0.704. The standard InChI is InChI=1S/C22H24F2N4O2/c1-26-13-20(29)28(19-7-3-6-18(24)11-19)15-22(26)8-9-27(14-22)21(30)25-12-16-4-2-5-17(23)10-16/h2-7,10-11H,8-9,12-15H2,1H3,(H,25,30)/t22-/m1/s1. The Kier molecular flexibility index (Phi) is 5.42. The number of carbonyl (C=O) groups excluding carboxylic acids is 2. The van der Waals surface area contributed by atoms with E-state index in [1.165, 1.54) is 24.3 Å². The molecule has 3 amide bonds. The molecular formula is C22H24F2N4O2. The summed E-state index contributed by atoms with van der Waals surface area (Å²) >= 11 is 0. The summed E-state index contributed by atoms with van der Waals surface area (Å²) in [7, 11) is 1.88. The number of likely N-dealkylation sites (N-methyl/N-ethyl adjacent to an activating group) is 1. The highest BCUT2D eigenvalue weighted by Gasteiger charge is 2.48. The quantitative estimate of drug-likeness (QED) is 0.840. The number of hydrogen-bond acceptors (Lipinski definition) is 3. The van der Waals surface area contributed by atoms with Gasteiger partial charge >= 0.3 is 6.03 Å². The molecule has 2 aliphatic rings. The van der Waals surface area contributed by atoms with Crippen molar-refractivity contribution >= 4 is 17.6 Å². The number of halogens is 2. The number of nitrogens with one attached hydrogen (secondary N) is 1. The molecule has 0 saturated carbocycles. The van der Waals surface area contributed by atoms with E-state index in [0.29, 0.717) is 37.3 Å². The monoisotopic (exact) mass is 414 g/mol. The van der Waals surface area contributed by atoms with E-state index in [2.05, 4.69) is 5.32 Å². The third kappa shape index (κ3) is 4.00. The van der Waals surface area contributed by atoms with E-state index in [0.717, 1.165) is 0 Å². The predicted molar refractivity (Wildman–Crippen MR) is 109 cm³/mol. The molecule has 0 aromatic heterocycles. The van der Waals surface area contributed by atoms with Gasteiger partial charge in [0.05, 0.1) is 12.1 Å². The minimum atomic E-state index is -0.392. The highest BCUT2D eigenvalue weighted by molar-refractivity contribution is 5.96. The zero-order valence-electron chi connectivity index (χ0n) is 16.8. The van der Waals surface area contributed by atoms with Gasteiger partial charge in [-0.1, -0.05) is 18.2 Å². The molecule has 8 heteroatoms. The molecule has 2 aliphatic heterocycles. The molecule has 0 unspecified atom stereocenters. The Labute approximate surface area is 174 Å². The highest BCUT2D eigenvalue weighted by atomic mass is 19.1. The van der Waals surface area contributed by atoms with E-state index in [1.54, 1.807) is 34.1 Å². The summed E-state index contributed by atoms with van der Waals surface area (Å²) in [5.41, 5.74) is 0.826. The minimum Gasteiger partial charge on any atom is -0.334 e. The molecule has 2 aromatic rings. The average Bonchev–Trinajstić information content (AvgIpc) is 3.15. The Morgan fingerprint density at radius 1 is 1.10 bits per heavy atom. The number of urea groups is 1. The second kappa shape index (κ2) is 8.02. The van der Waals surface area contributed by atoms with Crippen LogP contribution in [0.15, 0.2) is 48.5 Å². The number of carbonyl (C=O) groups is 2. The largest absolute Gasteiger partial charge is 0.334 e. The first-order chi connectivity index (χ1) is 14.4. The van der Waals surface area contributed by atoms with Gasteiger partial charge in [0.15, 0.2) is 0 Å². The molecule has 2 saturated heterocycles. The van der Waals surface area contributed by atoms with Crippen LogP contribution < -0.4 is 10.2 Å². The number of hydrogen-bond donors (Lipinski definition) is 1. The summed E-state index contributed by atoms with van der Waals surface area (Å²) < 4.78 is 27.0. The van der Waals surface area contributed by atoms with Crippen LogP contribution >= 0.6 is 0 Å². The molecule has 158 valence electrons. The Morgan fingerprint density at radius 3 is 2.57 bits per heavy atom. The van der Waals surface area contributed by atoms with Crippen molar-refractivity contribution in [3.8, 4) is 0 Å². The first kappa shape index (κ1) is 20.3. The second-order valence-corrected chi connectivity index (χ2v) is 8.00. The number of piperazine rings is 1. The smallest absolute Gasteiger partial charge is 0.317 e. The number of rotatable bonds is 3. The van der Waals surface area contributed by atoms with Crippen LogP contribution in [0.2, 0.25) is 0 Å². The van der Waals surface area contributed by atoms with Gasteiger partial charge in [0, 0.05) is 31.9 Å². The Hall–Kier alpha value is -3.00. The molecule has 30 heavy (non-hydrogen) atoms. The van der Waals surface area contributed by atoms with Crippen LogP contribution in [0.1, 0.15) is 12.0 Å². The van der Waals surface area contributed by atoms with Crippen LogP contribution in [0.3, 0.4) is 0 Å². The molecule has 0 radical (unpaired) electrons.